The van der Waals surface area contributed by atoms with Crippen LogP contribution in [0.1, 0.15) is 29.2 Å². The van der Waals surface area contributed by atoms with Gasteiger partial charge in [-0.3, -0.25) is 4.79 Å². The van der Waals surface area contributed by atoms with Gasteiger partial charge in [-0.1, -0.05) is 17.7 Å². The van der Waals surface area contributed by atoms with Gasteiger partial charge in [0.15, 0.2) is 0 Å². The molecule has 2 aromatic carbocycles. The Bertz CT molecular complexity index is 1270. The molecule has 0 atom stereocenters. The van der Waals surface area contributed by atoms with Crippen LogP contribution in [0.25, 0.3) is 5.69 Å². The quantitative estimate of drug-likeness (QED) is 0.576. The third-order valence-corrected chi connectivity index (χ3v) is 6.26. The summed E-state index contributed by atoms with van der Waals surface area (Å²) in [4.78, 5) is 16.0. The van der Waals surface area contributed by atoms with Gasteiger partial charge in [0.25, 0.3) is 15.9 Å². The van der Waals surface area contributed by atoms with Crippen molar-refractivity contribution in [1.82, 2.24) is 14.3 Å². The van der Waals surface area contributed by atoms with Crippen molar-refractivity contribution in [3.63, 3.8) is 0 Å². The zero-order valence-electron chi connectivity index (χ0n) is 16.2. The summed E-state index contributed by atoms with van der Waals surface area (Å²) in [5.74, 6) is -2.32. The van der Waals surface area contributed by atoms with Crippen LogP contribution >= 0.6 is 11.6 Å². The van der Waals surface area contributed by atoms with E-state index < -0.39 is 32.5 Å². The van der Waals surface area contributed by atoms with E-state index >= 15 is 0 Å². The van der Waals surface area contributed by atoms with Gasteiger partial charge in [-0.25, -0.2) is 26.9 Å². The maximum atomic E-state index is 14.4. The third-order valence-electron chi connectivity index (χ3n) is 4.64. The van der Waals surface area contributed by atoms with Crippen molar-refractivity contribution in [1.29, 1.82) is 0 Å². The van der Waals surface area contributed by atoms with E-state index in [1.165, 1.54) is 35.0 Å². The molecule has 1 saturated carbocycles. The Hall–Kier alpha value is -2.98. The van der Waals surface area contributed by atoms with Crippen molar-refractivity contribution in [2.24, 2.45) is 0 Å². The van der Waals surface area contributed by atoms with Crippen molar-refractivity contribution in [2.75, 3.05) is 5.32 Å². The van der Waals surface area contributed by atoms with Gasteiger partial charge in [0.2, 0.25) is 0 Å². The molecule has 11 heteroatoms. The highest BCUT2D eigenvalue weighted by atomic mass is 35.5. The number of amides is 1. The number of carbonyl (C=O) groups excluding carboxylic acids is 1. The van der Waals surface area contributed by atoms with Crippen LogP contribution in [0.3, 0.4) is 0 Å². The van der Waals surface area contributed by atoms with Crippen LogP contribution < -0.4 is 10.0 Å². The summed E-state index contributed by atoms with van der Waals surface area (Å²) >= 11 is 5.87. The van der Waals surface area contributed by atoms with Crippen molar-refractivity contribution in [3.05, 3.63) is 70.8 Å². The number of nitrogens with zero attached hydrogens (tertiary/aromatic N) is 2. The summed E-state index contributed by atoms with van der Waals surface area (Å²) in [6.07, 6.45) is 2.95. The fourth-order valence-corrected chi connectivity index (χ4v) is 4.50. The van der Waals surface area contributed by atoms with Gasteiger partial charge in [0.05, 0.1) is 11.4 Å². The number of rotatable bonds is 6. The van der Waals surface area contributed by atoms with Gasteiger partial charge in [-0.05, 0) is 50.1 Å². The highest BCUT2D eigenvalue weighted by molar-refractivity contribution is 7.90. The highest BCUT2D eigenvalue weighted by Gasteiger charge is 2.30. The average molecular weight is 467 g/mol. The van der Waals surface area contributed by atoms with Gasteiger partial charge >= 0.3 is 0 Å². The van der Waals surface area contributed by atoms with E-state index in [4.69, 9.17) is 11.6 Å². The minimum Gasteiger partial charge on any atom is -0.381 e. The monoisotopic (exact) mass is 466 g/mol. The predicted octanol–water partition coefficient (Wildman–Crippen LogP) is 3.81. The molecule has 31 heavy (non-hydrogen) atoms. The van der Waals surface area contributed by atoms with E-state index in [-0.39, 0.29) is 22.4 Å². The molecule has 0 spiro atoms. The van der Waals surface area contributed by atoms with E-state index in [1.54, 1.807) is 6.92 Å². The predicted molar refractivity (Wildman–Crippen MR) is 111 cm³/mol. The van der Waals surface area contributed by atoms with Crippen LogP contribution in [0.4, 0.5) is 14.5 Å². The molecule has 0 aliphatic heterocycles. The van der Waals surface area contributed by atoms with E-state index in [2.05, 4.69) is 10.3 Å². The standard InChI is InChI=1S/C20H17ClF2N4O3S/c1-11-24-18(10-27(11)15-8-12(21)7-13(22)9-15)20(28)26-31(29,30)19-16(23)3-2-4-17(19)25-14-5-6-14/h2-4,7-10,14,25H,5-6H2,1H3,(H,26,28). The molecule has 1 aromatic heterocycles. The molecule has 1 heterocycles. The molecule has 3 aromatic rings. The largest absolute Gasteiger partial charge is 0.381 e. The van der Waals surface area contributed by atoms with Crippen LogP contribution in [-0.2, 0) is 10.0 Å². The lowest BCUT2D eigenvalue weighted by molar-refractivity contribution is 0.0977. The summed E-state index contributed by atoms with van der Waals surface area (Å²) < 4.78 is 56.9. The number of hydrogen-bond acceptors (Lipinski definition) is 5. The SMILES string of the molecule is Cc1nc(C(=O)NS(=O)(=O)c2c(F)cccc2NC2CC2)cn1-c1cc(F)cc(Cl)c1. The Morgan fingerprint density at radius 2 is 1.97 bits per heavy atom. The van der Waals surface area contributed by atoms with Crippen LogP contribution in [0.2, 0.25) is 5.02 Å². The van der Waals surface area contributed by atoms with Gasteiger partial charge in [-0.15, -0.1) is 0 Å². The zero-order valence-corrected chi connectivity index (χ0v) is 17.8. The van der Waals surface area contributed by atoms with Gasteiger partial charge in [-0.2, -0.15) is 0 Å². The number of halogens is 3. The fraction of sp³-hybridized carbons (Fsp3) is 0.200. The summed E-state index contributed by atoms with van der Waals surface area (Å²) in [6.45, 7) is 1.55. The number of imidazole rings is 1. The molecule has 1 aliphatic rings. The maximum Gasteiger partial charge on any atom is 0.285 e. The minimum atomic E-state index is -4.54. The first kappa shape index (κ1) is 21.3. The van der Waals surface area contributed by atoms with E-state index in [0.29, 0.717) is 11.5 Å². The molecule has 2 N–H and O–H groups in total. The number of aryl methyl sites for hydroxylation is 1. The molecular weight excluding hydrogens is 450 g/mol. The van der Waals surface area contributed by atoms with Crippen LogP contribution in [0.5, 0.6) is 0 Å². The first-order valence-corrected chi connectivity index (χ1v) is 11.1. The van der Waals surface area contributed by atoms with Crippen molar-refractivity contribution >= 4 is 33.2 Å². The summed E-state index contributed by atoms with van der Waals surface area (Å²) in [5, 5.41) is 3.10. The average Bonchev–Trinajstić information content (AvgIpc) is 3.38. The smallest absolute Gasteiger partial charge is 0.285 e. The third kappa shape index (κ3) is 4.54. The second-order valence-electron chi connectivity index (χ2n) is 7.14. The molecule has 7 nitrogen and oxygen atoms in total. The Morgan fingerprint density at radius 3 is 2.65 bits per heavy atom. The number of nitrogens with one attached hydrogen (secondary N) is 2. The number of aromatic nitrogens is 2. The summed E-state index contributed by atoms with van der Waals surface area (Å²) in [7, 11) is -4.54. The number of benzene rings is 2. The molecule has 1 aliphatic carbocycles. The van der Waals surface area contributed by atoms with Crippen LogP contribution in [0.15, 0.2) is 47.5 Å². The summed E-state index contributed by atoms with van der Waals surface area (Å²) in [6, 6.07) is 7.68. The number of anilines is 1. The molecule has 0 saturated heterocycles. The van der Waals surface area contributed by atoms with Crippen molar-refractivity contribution in [2.45, 2.75) is 30.7 Å². The van der Waals surface area contributed by atoms with Gasteiger partial charge in [0.1, 0.15) is 28.0 Å². The van der Waals surface area contributed by atoms with E-state index in [0.717, 1.165) is 25.0 Å². The Kier molecular flexibility index (Phi) is 5.44. The molecule has 0 unspecified atom stereocenters. The van der Waals surface area contributed by atoms with Crippen LogP contribution in [0, 0.1) is 18.6 Å². The molecule has 162 valence electrons. The van der Waals surface area contributed by atoms with Gasteiger partial charge < -0.3 is 9.88 Å². The topological polar surface area (TPSA) is 93.1 Å². The lowest BCUT2D eigenvalue weighted by atomic mass is 10.3. The Morgan fingerprint density at radius 1 is 1.23 bits per heavy atom. The molecule has 4 rings (SSSR count). The number of sulfonamides is 1. The second kappa shape index (κ2) is 7.93. The van der Waals surface area contributed by atoms with Crippen LogP contribution in [-0.4, -0.2) is 29.9 Å². The fourth-order valence-electron chi connectivity index (χ4n) is 3.09. The number of carbonyl (C=O) groups is 1. The summed E-state index contributed by atoms with van der Waals surface area (Å²) in [5.41, 5.74) is 0.148. The maximum absolute atomic E-state index is 14.4. The first-order valence-electron chi connectivity index (χ1n) is 9.29. The molecule has 1 amide bonds. The molecule has 0 bridgehead atoms. The Balaban J connectivity index is 1.63. The van der Waals surface area contributed by atoms with E-state index in [1.807, 2.05) is 4.72 Å². The lowest BCUT2D eigenvalue weighted by Crippen LogP contribution is -2.32. The zero-order chi connectivity index (χ0) is 22.3. The van der Waals surface area contributed by atoms with Gasteiger partial charge in [0, 0.05) is 17.3 Å². The second-order valence-corrected chi connectivity index (χ2v) is 9.20. The molecule has 1 fully saturated rings. The molecule has 0 radical (unpaired) electrons. The molecular formula is C20H17ClF2N4O3S. The highest BCUT2D eigenvalue weighted by Crippen LogP contribution is 2.30. The minimum absolute atomic E-state index is 0.0721. The normalized spacial score (nSPS) is 13.8. The van der Waals surface area contributed by atoms with Crippen molar-refractivity contribution in [3.8, 4) is 5.69 Å². The van der Waals surface area contributed by atoms with Crippen molar-refractivity contribution < 1.29 is 22.0 Å². The first-order chi connectivity index (χ1) is 14.6. The lowest BCUT2D eigenvalue weighted by Gasteiger charge is -2.13. The number of hydrogen-bond donors (Lipinski definition) is 2. The van der Waals surface area contributed by atoms with E-state index in [9.17, 15) is 22.0 Å². The Labute approximate surface area is 182 Å².